The molecule has 0 aliphatic carbocycles. The minimum absolute atomic E-state index is 0.0965. The first-order valence-corrected chi connectivity index (χ1v) is 7.30. The summed E-state index contributed by atoms with van der Waals surface area (Å²) in [7, 11) is 2.03. The molecule has 0 spiro atoms. The number of fused-ring (bicyclic) bond motifs is 1. The van der Waals surface area contributed by atoms with Gasteiger partial charge >= 0.3 is 0 Å². The first kappa shape index (κ1) is 12.9. The number of likely N-dealkylation sites (N-methyl/N-ethyl adjacent to an activating group) is 1. The van der Waals surface area contributed by atoms with E-state index in [-0.39, 0.29) is 11.6 Å². The van der Waals surface area contributed by atoms with E-state index in [9.17, 15) is 0 Å². The zero-order valence-corrected chi connectivity index (χ0v) is 11.9. The van der Waals surface area contributed by atoms with E-state index >= 15 is 0 Å². The van der Waals surface area contributed by atoms with Crippen LogP contribution in [0.25, 0.3) is 0 Å². The maximum Gasteiger partial charge on any atom is 0.122 e. The van der Waals surface area contributed by atoms with E-state index in [0.29, 0.717) is 0 Å². The van der Waals surface area contributed by atoms with E-state index < -0.39 is 0 Å². The topological polar surface area (TPSA) is 30.5 Å². The van der Waals surface area contributed by atoms with E-state index in [0.717, 1.165) is 31.8 Å². The van der Waals surface area contributed by atoms with Gasteiger partial charge in [0.25, 0.3) is 0 Å². The number of ether oxygens (including phenoxy) is 2. The zero-order valence-electron chi connectivity index (χ0n) is 11.9. The van der Waals surface area contributed by atoms with Gasteiger partial charge in [-0.05, 0) is 50.4 Å². The summed E-state index contributed by atoms with van der Waals surface area (Å²) in [4.78, 5) is 0. The summed E-state index contributed by atoms with van der Waals surface area (Å²) in [6, 6.07) is 6.81. The fraction of sp³-hybridized carbons (Fsp3) is 0.625. The molecule has 0 saturated carbocycles. The Morgan fingerprint density at radius 1 is 1.26 bits per heavy atom. The predicted octanol–water partition coefficient (Wildman–Crippen LogP) is 2.84. The Morgan fingerprint density at radius 2 is 2.16 bits per heavy atom. The first-order chi connectivity index (χ1) is 9.23. The van der Waals surface area contributed by atoms with Crippen LogP contribution in [0.4, 0.5) is 0 Å². The minimum Gasteiger partial charge on any atom is -0.493 e. The molecule has 2 unspecified atom stereocenters. The molecule has 19 heavy (non-hydrogen) atoms. The van der Waals surface area contributed by atoms with Gasteiger partial charge in [0.15, 0.2) is 0 Å². The molecule has 1 fully saturated rings. The Hall–Kier alpha value is -1.06. The molecule has 1 aromatic rings. The van der Waals surface area contributed by atoms with Gasteiger partial charge in [-0.25, -0.2) is 0 Å². The van der Waals surface area contributed by atoms with E-state index in [1.54, 1.807) is 0 Å². The van der Waals surface area contributed by atoms with Crippen LogP contribution < -0.4 is 10.1 Å². The highest BCUT2D eigenvalue weighted by molar-refractivity contribution is 5.41. The van der Waals surface area contributed by atoms with E-state index in [2.05, 4.69) is 30.4 Å². The molecular weight excluding hydrogens is 238 g/mol. The molecule has 3 nitrogen and oxygen atoms in total. The molecule has 2 atom stereocenters. The van der Waals surface area contributed by atoms with Crippen LogP contribution in [-0.2, 0) is 11.2 Å². The third-order valence-electron chi connectivity index (χ3n) is 4.45. The van der Waals surface area contributed by atoms with Crippen molar-refractivity contribution in [2.24, 2.45) is 0 Å². The quantitative estimate of drug-likeness (QED) is 0.907. The lowest BCUT2D eigenvalue weighted by molar-refractivity contribution is -0.0884. The van der Waals surface area contributed by atoms with Gasteiger partial charge in [0.05, 0.1) is 18.2 Å². The van der Waals surface area contributed by atoms with Gasteiger partial charge in [-0.15, -0.1) is 0 Å². The van der Waals surface area contributed by atoms with Crippen molar-refractivity contribution >= 4 is 0 Å². The Balaban J connectivity index is 1.89. The van der Waals surface area contributed by atoms with Crippen molar-refractivity contribution in [3.63, 3.8) is 0 Å². The van der Waals surface area contributed by atoms with Crippen molar-refractivity contribution in [2.45, 2.75) is 44.2 Å². The second kappa shape index (κ2) is 5.14. The molecule has 0 aromatic heterocycles. The largest absolute Gasteiger partial charge is 0.493 e. The molecule has 3 rings (SSSR count). The predicted molar refractivity (Wildman–Crippen MR) is 75.6 cm³/mol. The van der Waals surface area contributed by atoms with Crippen molar-refractivity contribution in [3.8, 4) is 5.75 Å². The van der Waals surface area contributed by atoms with Gasteiger partial charge in [0.1, 0.15) is 5.75 Å². The van der Waals surface area contributed by atoms with Gasteiger partial charge in [0.2, 0.25) is 0 Å². The normalized spacial score (nSPS) is 27.7. The molecule has 0 bridgehead atoms. The van der Waals surface area contributed by atoms with Crippen LogP contribution in [0.5, 0.6) is 5.75 Å². The Kier molecular flexibility index (Phi) is 3.50. The number of rotatable bonds is 3. The molecule has 1 N–H and O–H groups in total. The highest BCUT2D eigenvalue weighted by atomic mass is 16.5. The summed E-state index contributed by atoms with van der Waals surface area (Å²) in [6.07, 6.45) is 4.58. The molecular formula is C16H23NO2. The monoisotopic (exact) mass is 261 g/mol. The van der Waals surface area contributed by atoms with E-state index in [1.165, 1.54) is 24.0 Å². The number of nitrogens with one attached hydrogen (secondary N) is 1. The third-order valence-corrected chi connectivity index (χ3v) is 4.45. The Bertz CT molecular complexity index is 452. The van der Waals surface area contributed by atoms with Crippen molar-refractivity contribution in [1.82, 2.24) is 5.32 Å². The fourth-order valence-corrected chi connectivity index (χ4v) is 3.39. The lowest BCUT2D eigenvalue weighted by Crippen LogP contribution is -2.44. The van der Waals surface area contributed by atoms with Crippen LogP contribution in [0.3, 0.4) is 0 Å². The SMILES string of the molecule is CNC(c1ccc2c(c1)CCO2)C1(C)CCCCO1. The average Bonchev–Trinajstić information content (AvgIpc) is 2.87. The summed E-state index contributed by atoms with van der Waals surface area (Å²) in [5.41, 5.74) is 2.55. The molecule has 2 heterocycles. The van der Waals surface area contributed by atoms with Gasteiger partial charge in [-0.1, -0.05) is 12.1 Å². The fourth-order valence-electron chi connectivity index (χ4n) is 3.39. The van der Waals surface area contributed by atoms with Crippen molar-refractivity contribution in [2.75, 3.05) is 20.3 Å². The van der Waals surface area contributed by atoms with Crippen LogP contribution in [-0.4, -0.2) is 25.9 Å². The second-order valence-electron chi connectivity index (χ2n) is 5.81. The standard InChI is InChI=1S/C16H23NO2/c1-16(8-3-4-9-19-16)15(17-2)13-5-6-14-12(11-13)7-10-18-14/h5-6,11,15,17H,3-4,7-10H2,1-2H3. The molecule has 1 saturated heterocycles. The van der Waals surface area contributed by atoms with Crippen LogP contribution in [0.2, 0.25) is 0 Å². The Morgan fingerprint density at radius 3 is 2.89 bits per heavy atom. The highest BCUT2D eigenvalue weighted by Gasteiger charge is 2.37. The molecule has 0 amide bonds. The Labute approximate surface area is 115 Å². The van der Waals surface area contributed by atoms with Crippen molar-refractivity contribution in [1.29, 1.82) is 0 Å². The van der Waals surface area contributed by atoms with Crippen LogP contribution in [0.1, 0.15) is 43.4 Å². The minimum atomic E-state index is -0.0965. The molecule has 2 aliphatic heterocycles. The van der Waals surface area contributed by atoms with E-state index in [1.807, 2.05) is 7.05 Å². The third kappa shape index (κ3) is 2.37. The molecule has 104 valence electrons. The van der Waals surface area contributed by atoms with Crippen LogP contribution in [0, 0.1) is 0 Å². The summed E-state index contributed by atoms with van der Waals surface area (Å²) in [5.74, 6) is 1.05. The molecule has 3 heteroatoms. The summed E-state index contributed by atoms with van der Waals surface area (Å²) in [6.45, 7) is 3.93. The van der Waals surface area contributed by atoms with Crippen LogP contribution >= 0.6 is 0 Å². The number of hydrogen-bond acceptors (Lipinski definition) is 3. The van der Waals surface area contributed by atoms with Crippen molar-refractivity contribution in [3.05, 3.63) is 29.3 Å². The molecule has 0 radical (unpaired) electrons. The summed E-state index contributed by atoms with van der Waals surface area (Å²) >= 11 is 0. The zero-order chi connectivity index (χ0) is 13.3. The maximum absolute atomic E-state index is 6.10. The number of hydrogen-bond donors (Lipinski definition) is 1. The number of benzene rings is 1. The summed E-state index contributed by atoms with van der Waals surface area (Å²) < 4.78 is 11.7. The van der Waals surface area contributed by atoms with Gasteiger partial charge in [-0.3, -0.25) is 0 Å². The maximum atomic E-state index is 6.10. The summed E-state index contributed by atoms with van der Waals surface area (Å²) in [5, 5.41) is 3.45. The van der Waals surface area contributed by atoms with Crippen molar-refractivity contribution < 1.29 is 9.47 Å². The van der Waals surface area contributed by atoms with Gasteiger partial charge in [-0.2, -0.15) is 0 Å². The van der Waals surface area contributed by atoms with Gasteiger partial charge in [0, 0.05) is 13.0 Å². The first-order valence-electron chi connectivity index (χ1n) is 7.30. The van der Waals surface area contributed by atoms with Gasteiger partial charge < -0.3 is 14.8 Å². The van der Waals surface area contributed by atoms with Crippen LogP contribution in [0.15, 0.2) is 18.2 Å². The highest BCUT2D eigenvalue weighted by Crippen LogP contribution is 2.38. The van der Waals surface area contributed by atoms with E-state index in [4.69, 9.17) is 9.47 Å². The molecule has 1 aromatic carbocycles. The lowest BCUT2D eigenvalue weighted by Gasteiger charge is -2.41. The second-order valence-corrected chi connectivity index (χ2v) is 5.81. The molecule has 2 aliphatic rings. The smallest absolute Gasteiger partial charge is 0.122 e. The lowest BCUT2D eigenvalue weighted by atomic mass is 9.83. The average molecular weight is 261 g/mol.